The summed E-state index contributed by atoms with van der Waals surface area (Å²) in [7, 11) is -2.50. The molecule has 1 aromatic heterocycles. The Bertz CT molecular complexity index is 1310. The highest BCUT2D eigenvalue weighted by molar-refractivity contribution is 7.89. The van der Waals surface area contributed by atoms with Crippen molar-refractivity contribution >= 4 is 32.7 Å². The topological polar surface area (TPSA) is 133 Å². The highest BCUT2D eigenvalue weighted by atomic mass is 32.2. The normalized spacial score (nSPS) is 19.1. The average Bonchev–Trinajstić information content (AvgIpc) is 3.14. The van der Waals surface area contributed by atoms with E-state index in [9.17, 15) is 18.0 Å². The van der Waals surface area contributed by atoms with Gasteiger partial charge in [0.15, 0.2) is 0 Å². The van der Waals surface area contributed by atoms with Gasteiger partial charge in [-0.1, -0.05) is 19.8 Å². The Morgan fingerprint density at radius 3 is 2.56 bits per heavy atom. The Balaban J connectivity index is 1.59. The van der Waals surface area contributed by atoms with Crippen LogP contribution in [0.3, 0.4) is 0 Å². The van der Waals surface area contributed by atoms with Crippen molar-refractivity contribution in [1.29, 1.82) is 0 Å². The predicted octanol–water partition coefficient (Wildman–Crippen LogP) is 2.97. The predicted molar refractivity (Wildman–Crippen MR) is 122 cm³/mol. The summed E-state index contributed by atoms with van der Waals surface area (Å²) in [6, 6.07) is 9.09. The van der Waals surface area contributed by atoms with Crippen LogP contribution in [-0.2, 0) is 10.0 Å². The molecule has 1 amide bonds. The van der Waals surface area contributed by atoms with Crippen molar-refractivity contribution in [3.8, 4) is 5.75 Å². The van der Waals surface area contributed by atoms with Crippen molar-refractivity contribution in [2.45, 2.75) is 43.5 Å². The van der Waals surface area contributed by atoms with Crippen molar-refractivity contribution < 1.29 is 17.9 Å². The third-order valence-electron chi connectivity index (χ3n) is 5.91. The molecule has 0 radical (unpaired) electrons. The van der Waals surface area contributed by atoms with E-state index in [1.165, 1.54) is 25.3 Å². The number of methoxy groups -OCH3 is 1. The summed E-state index contributed by atoms with van der Waals surface area (Å²) in [5.74, 6) is -0.0676. The van der Waals surface area contributed by atoms with E-state index in [1.54, 1.807) is 18.2 Å². The molecule has 3 aromatic rings. The van der Waals surface area contributed by atoms with Gasteiger partial charge in [0, 0.05) is 17.3 Å². The fourth-order valence-corrected chi connectivity index (χ4v) is 5.67. The first-order chi connectivity index (χ1) is 15.3. The molecule has 4 N–H and O–H groups in total. The molecule has 1 aliphatic rings. The maximum absolute atomic E-state index is 13.1. The molecule has 2 unspecified atom stereocenters. The van der Waals surface area contributed by atoms with Crippen LogP contribution in [0.15, 0.2) is 46.1 Å². The number of H-pyrrole nitrogens is 2. The Labute approximate surface area is 185 Å². The van der Waals surface area contributed by atoms with Gasteiger partial charge in [0.1, 0.15) is 10.6 Å². The molecular formula is C22H26N4O5S. The minimum atomic E-state index is -3.89. The number of amides is 1. The molecule has 0 spiro atoms. The van der Waals surface area contributed by atoms with E-state index in [-0.39, 0.29) is 33.9 Å². The van der Waals surface area contributed by atoms with Crippen molar-refractivity contribution in [3.05, 3.63) is 52.4 Å². The van der Waals surface area contributed by atoms with Gasteiger partial charge in [-0.05, 0) is 55.2 Å². The van der Waals surface area contributed by atoms with Gasteiger partial charge in [-0.2, -0.15) is 0 Å². The number of fused-ring (bicyclic) bond motifs is 1. The van der Waals surface area contributed by atoms with E-state index >= 15 is 0 Å². The minimum absolute atomic E-state index is 0.0733. The van der Waals surface area contributed by atoms with Gasteiger partial charge in [0.25, 0.3) is 5.91 Å². The number of hydrogen-bond acceptors (Lipinski definition) is 5. The van der Waals surface area contributed by atoms with Crippen LogP contribution in [0, 0.1) is 5.92 Å². The Morgan fingerprint density at radius 1 is 1.06 bits per heavy atom. The molecule has 170 valence electrons. The van der Waals surface area contributed by atoms with E-state index in [1.807, 2.05) is 6.92 Å². The Kier molecular flexibility index (Phi) is 6.07. The maximum atomic E-state index is 13.1. The fraction of sp³-hybridized carbons (Fsp3) is 0.364. The highest BCUT2D eigenvalue weighted by Crippen LogP contribution is 2.29. The van der Waals surface area contributed by atoms with E-state index in [4.69, 9.17) is 4.74 Å². The van der Waals surface area contributed by atoms with Crippen LogP contribution >= 0.6 is 0 Å². The number of carbonyl (C=O) groups is 1. The van der Waals surface area contributed by atoms with E-state index < -0.39 is 15.9 Å². The van der Waals surface area contributed by atoms with Crippen LogP contribution in [0.5, 0.6) is 5.75 Å². The summed E-state index contributed by atoms with van der Waals surface area (Å²) in [5, 5.41) is 2.73. The molecule has 1 saturated carbocycles. The first-order valence-corrected chi connectivity index (χ1v) is 12.0. The van der Waals surface area contributed by atoms with Crippen LogP contribution in [-0.4, -0.2) is 37.4 Å². The van der Waals surface area contributed by atoms with Crippen molar-refractivity contribution in [1.82, 2.24) is 14.7 Å². The zero-order chi connectivity index (χ0) is 22.9. The van der Waals surface area contributed by atoms with Crippen molar-refractivity contribution in [3.63, 3.8) is 0 Å². The summed E-state index contributed by atoms with van der Waals surface area (Å²) in [6.07, 6.45) is 3.84. The molecule has 2 atom stereocenters. The zero-order valence-corrected chi connectivity index (χ0v) is 18.7. The Hall–Kier alpha value is -3.11. The lowest BCUT2D eigenvalue weighted by atomic mass is 9.87. The molecule has 0 bridgehead atoms. The van der Waals surface area contributed by atoms with Crippen LogP contribution in [0.25, 0.3) is 11.0 Å². The number of aromatic amines is 2. The molecule has 1 fully saturated rings. The third-order valence-corrected chi connectivity index (χ3v) is 7.42. The summed E-state index contributed by atoms with van der Waals surface area (Å²) < 4.78 is 34.4. The van der Waals surface area contributed by atoms with Gasteiger partial charge in [-0.25, -0.2) is 17.9 Å². The zero-order valence-electron chi connectivity index (χ0n) is 17.9. The number of ether oxygens (including phenoxy) is 1. The molecule has 2 aromatic carbocycles. The molecule has 9 nitrogen and oxygen atoms in total. The monoisotopic (exact) mass is 458 g/mol. The van der Waals surface area contributed by atoms with Crippen LogP contribution in [0.2, 0.25) is 0 Å². The van der Waals surface area contributed by atoms with Crippen molar-refractivity contribution in [2.24, 2.45) is 5.92 Å². The number of nitrogens with one attached hydrogen (secondary N) is 4. The second kappa shape index (κ2) is 8.79. The average molecular weight is 459 g/mol. The van der Waals surface area contributed by atoms with E-state index in [0.717, 1.165) is 25.7 Å². The van der Waals surface area contributed by atoms with Gasteiger partial charge in [0.05, 0.1) is 18.1 Å². The number of benzene rings is 2. The van der Waals surface area contributed by atoms with Gasteiger partial charge < -0.3 is 20.0 Å². The maximum Gasteiger partial charge on any atom is 0.323 e. The lowest BCUT2D eigenvalue weighted by molar-refractivity contribution is 0.102. The standard InChI is InChI=1S/C22H26N4O5S/c1-13-5-3-4-6-16(13)26-32(29,30)20-11-14(7-10-19(20)31-2)21(27)23-15-8-9-17-18(12-15)25-22(28)24-17/h7-13,16,26H,3-6H2,1-2H3,(H,23,27)(H2,24,25,28). The molecule has 0 saturated heterocycles. The molecule has 10 heteroatoms. The molecule has 1 aliphatic carbocycles. The number of hydrogen-bond donors (Lipinski definition) is 4. The lowest BCUT2D eigenvalue weighted by Crippen LogP contribution is -2.41. The number of rotatable bonds is 6. The number of aromatic nitrogens is 2. The number of anilines is 1. The second-order valence-corrected chi connectivity index (χ2v) is 9.83. The molecule has 1 heterocycles. The van der Waals surface area contributed by atoms with Crippen LogP contribution in [0.4, 0.5) is 5.69 Å². The van der Waals surface area contributed by atoms with Gasteiger partial charge >= 0.3 is 5.69 Å². The van der Waals surface area contributed by atoms with Gasteiger partial charge in [-0.15, -0.1) is 0 Å². The summed E-state index contributed by atoms with van der Waals surface area (Å²) in [4.78, 5) is 29.4. The lowest BCUT2D eigenvalue weighted by Gasteiger charge is -2.29. The summed E-state index contributed by atoms with van der Waals surface area (Å²) in [5.41, 5.74) is 1.47. The van der Waals surface area contributed by atoms with E-state index in [0.29, 0.717) is 16.7 Å². The van der Waals surface area contributed by atoms with E-state index in [2.05, 4.69) is 20.0 Å². The molecule has 0 aliphatic heterocycles. The highest BCUT2D eigenvalue weighted by Gasteiger charge is 2.29. The minimum Gasteiger partial charge on any atom is -0.495 e. The fourth-order valence-electron chi connectivity index (χ4n) is 4.10. The Morgan fingerprint density at radius 2 is 1.81 bits per heavy atom. The number of imidazole rings is 1. The summed E-state index contributed by atoms with van der Waals surface area (Å²) in [6.45, 7) is 2.04. The number of carbonyl (C=O) groups excluding carboxylic acids is 1. The summed E-state index contributed by atoms with van der Waals surface area (Å²) >= 11 is 0. The first-order valence-electron chi connectivity index (χ1n) is 10.5. The molecular weight excluding hydrogens is 432 g/mol. The largest absolute Gasteiger partial charge is 0.495 e. The van der Waals surface area contributed by atoms with Crippen LogP contribution in [0.1, 0.15) is 43.0 Å². The molecule has 4 rings (SSSR count). The number of sulfonamides is 1. The third kappa shape index (κ3) is 4.56. The van der Waals surface area contributed by atoms with Crippen molar-refractivity contribution in [2.75, 3.05) is 12.4 Å². The smallest absolute Gasteiger partial charge is 0.323 e. The first kappa shape index (κ1) is 22.1. The van der Waals surface area contributed by atoms with Gasteiger partial charge in [0.2, 0.25) is 10.0 Å². The SMILES string of the molecule is COc1ccc(C(=O)Nc2ccc3[nH]c(=O)[nH]c3c2)cc1S(=O)(=O)NC1CCCCC1C. The van der Waals surface area contributed by atoms with Crippen LogP contribution < -0.4 is 20.5 Å². The quantitative estimate of drug-likeness (QED) is 0.451. The van der Waals surface area contributed by atoms with Gasteiger partial charge in [-0.3, -0.25) is 4.79 Å². The molecule has 32 heavy (non-hydrogen) atoms. The second-order valence-electron chi connectivity index (χ2n) is 8.15.